The highest BCUT2D eigenvalue weighted by molar-refractivity contribution is 5.78. The molecule has 1 heterocycles. The van der Waals surface area contributed by atoms with Crippen LogP contribution in [-0.2, 0) is 14.3 Å². The van der Waals surface area contributed by atoms with E-state index in [2.05, 4.69) is 13.8 Å². The van der Waals surface area contributed by atoms with Crippen molar-refractivity contribution in [1.29, 1.82) is 0 Å². The lowest BCUT2D eigenvalue weighted by Crippen LogP contribution is -2.44. The van der Waals surface area contributed by atoms with Crippen LogP contribution < -0.4 is 0 Å². The number of hydrogen-bond acceptors (Lipinski definition) is 3. The van der Waals surface area contributed by atoms with Gasteiger partial charge in [0, 0.05) is 13.1 Å². The molecule has 1 rings (SSSR count). The predicted octanol–water partition coefficient (Wildman–Crippen LogP) is 1.52. The summed E-state index contributed by atoms with van der Waals surface area (Å²) in [5, 5.41) is 8.42. The molecule has 0 unspecified atom stereocenters. The molecule has 0 bridgehead atoms. The van der Waals surface area contributed by atoms with E-state index in [1.54, 1.807) is 4.90 Å². The molecule has 5 heteroatoms. The van der Waals surface area contributed by atoms with Crippen LogP contribution in [0.1, 0.15) is 39.5 Å². The third-order valence-corrected chi connectivity index (χ3v) is 4.13. The molecule has 18 heavy (non-hydrogen) atoms. The minimum absolute atomic E-state index is 0.0999. The summed E-state index contributed by atoms with van der Waals surface area (Å²) >= 11 is 0. The highest BCUT2D eigenvalue weighted by Gasteiger charge is 2.32. The van der Waals surface area contributed by atoms with Crippen LogP contribution in [0.2, 0.25) is 0 Å². The number of carbonyl (C=O) groups excluding carboxylic acids is 1. The third-order valence-electron chi connectivity index (χ3n) is 4.13. The van der Waals surface area contributed by atoms with Crippen LogP contribution in [0.3, 0.4) is 0 Å². The average molecular weight is 257 g/mol. The van der Waals surface area contributed by atoms with Gasteiger partial charge < -0.3 is 14.7 Å². The second-order valence-corrected chi connectivity index (χ2v) is 4.97. The van der Waals surface area contributed by atoms with E-state index < -0.39 is 12.6 Å². The lowest BCUT2D eigenvalue weighted by atomic mass is 9.74. The van der Waals surface area contributed by atoms with Crippen LogP contribution >= 0.6 is 0 Å². The molecule has 0 atom stereocenters. The molecule has 0 aliphatic carbocycles. The molecule has 1 N–H and O–H groups in total. The minimum atomic E-state index is -1.04. The zero-order valence-electron chi connectivity index (χ0n) is 11.3. The first-order valence-corrected chi connectivity index (χ1v) is 6.60. The standard InChI is InChI=1S/C13H23NO4/c1-3-13(4-2)5-7-14(8-6-13)11(15)9-18-10-12(16)17/h3-10H2,1-2H3,(H,16,17). The Morgan fingerprint density at radius 2 is 1.72 bits per heavy atom. The molecular weight excluding hydrogens is 234 g/mol. The van der Waals surface area contributed by atoms with Crippen molar-refractivity contribution < 1.29 is 19.4 Å². The van der Waals surface area contributed by atoms with Crippen molar-refractivity contribution in [3.8, 4) is 0 Å². The van der Waals surface area contributed by atoms with Gasteiger partial charge in [-0.15, -0.1) is 0 Å². The monoisotopic (exact) mass is 257 g/mol. The van der Waals surface area contributed by atoms with Gasteiger partial charge in [0.15, 0.2) is 0 Å². The zero-order valence-corrected chi connectivity index (χ0v) is 11.3. The first-order chi connectivity index (χ1) is 8.53. The quantitative estimate of drug-likeness (QED) is 0.783. The number of aliphatic carboxylic acids is 1. The van der Waals surface area contributed by atoms with E-state index in [0.717, 1.165) is 38.8 Å². The lowest BCUT2D eigenvalue weighted by Gasteiger charge is -2.41. The summed E-state index contributed by atoms with van der Waals surface area (Å²) in [6, 6.07) is 0. The normalized spacial score (nSPS) is 18.7. The summed E-state index contributed by atoms with van der Waals surface area (Å²) in [6.07, 6.45) is 4.37. The molecule has 0 saturated carbocycles. The molecule has 1 fully saturated rings. The van der Waals surface area contributed by atoms with Gasteiger partial charge in [-0.25, -0.2) is 4.79 Å². The second kappa shape index (κ2) is 6.73. The number of amides is 1. The number of carbonyl (C=O) groups is 2. The van der Waals surface area contributed by atoms with Crippen LogP contribution in [0.4, 0.5) is 0 Å². The van der Waals surface area contributed by atoms with Crippen molar-refractivity contribution in [2.24, 2.45) is 5.41 Å². The number of nitrogens with zero attached hydrogens (tertiary/aromatic N) is 1. The Bertz CT molecular complexity index is 289. The highest BCUT2D eigenvalue weighted by atomic mass is 16.5. The fourth-order valence-electron chi connectivity index (χ4n) is 2.50. The fraction of sp³-hybridized carbons (Fsp3) is 0.846. The summed E-state index contributed by atoms with van der Waals surface area (Å²) in [4.78, 5) is 23.8. The van der Waals surface area contributed by atoms with Gasteiger partial charge >= 0.3 is 5.97 Å². The molecule has 1 aliphatic rings. The molecule has 5 nitrogen and oxygen atoms in total. The fourth-order valence-corrected chi connectivity index (χ4v) is 2.50. The summed E-state index contributed by atoms with van der Waals surface area (Å²) in [5.41, 5.74) is 0.388. The van der Waals surface area contributed by atoms with Gasteiger partial charge in [-0.3, -0.25) is 4.79 Å². The molecule has 0 radical (unpaired) electrons. The lowest BCUT2D eigenvalue weighted by molar-refractivity contribution is -0.146. The van der Waals surface area contributed by atoms with Gasteiger partial charge in [0.1, 0.15) is 13.2 Å². The predicted molar refractivity (Wildman–Crippen MR) is 67.3 cm³/mol. The molecule has 0 aromatic heterocycles. The second-order valence-electron chi connectivity index (χ2n) is 4.97. The van der Waals surface area contributed by atoms with Crippen molar-refractivity contribution in [2.45, 2.75) is 39.5 Å². The highest BCUT2D eigenvalue weighted by Crippen LogP contribution is 2.37. The largest absolute Gasteiger partial charge is 0.480 e. The zero-order chi connectivity index (χ0) is 13.6. The summed E-state index contributed by atoms with van der Waals surface area (Å²) in [6.45, 7) is 5.40. The molecule has 1 amide bonds. The molecule has 0 aromatic rings. The maximum absolute atomic E-state index is 11.8. The van der Waals surface area contributed by atoms with Gasteiger partial charge in [0.05, 0.1) is 0 Å². The van der Waals surface area contributed by atoms with Crippen LogP contribution in [0.15, 0.2) is 0 Å². The van der Waals surface area contributed by atoms with Gasteiger partial charge in [-0.05, 0) is 18.3 Å². The van der Waals surface area contributed by atoms with Crippen LogP contribution in [0, 0.1) is 5.41 Å². The van der Waals surface area contributed by atoms with E-state index >= 15 is 0 Å². The van der Waals surface area contributed by atoms with Gasteiger partial charge in [0.25, 0.3) is 0 Å². The van der Waals surface area contributed by atoms with Crippen molar-refractivity contribution in [2.75, 3.05) is 26.3 Å². The van der Waals surface area contributed by atoms with E-state index in [1.807, 2.05) is 0 Å². The van der Waals surface area contributed by atoms with Crippen LogP contribution in [0.25, 0.3) is 0 Å². The first kappa shape index (κ1) is 15.0. The van der Waals surface area contributed by atoms with Gasteiger partial charge in [-0.1, -0.05) is 26.7 Å². The Kier molecular flexibility index (Phi) is 5.59. The number of hydrogen-bond donors (Lipinski definition) is 1. The average Bonchev–Trinajstić information content (AvgIpc) is 2.38. The summed E-state index contributed by atoms with van der Waals surface area (Å²) in [5.74, 6) is -1.14. The molecule has 104 valence electrons. The van der Waals surface area contributed by atoms with Crippen LogP contribution in [-0.4, -0.2) is 48.2 Å². The minimum Gasteiger partial charge on any atom is -0.480 e. The van der Waals surface area contributed by atoms with Crippen LogP contribution in [0.5, 0.6) is 0 Å². The maximum Gasteiger partial charge on any atom is 0.329 e. The number of carboxylic acid groups (broad SMARTS) is 1. The third kappa shape index (κ3) is 3.98. The molecular formula is C13H23NO4. The molecule has 1 saturated heterocycles. The van der Waals surface area contributed by atoms with E-state index in [9.17, 15) is 9.59 Å². The Labute approximate surface area is 108 Å². The van der Waals surface area contributed by atoms with Crippen molar-refractivity contribution in [1.82, 2.24) is 4.90 Å². The number of carboxylic acids is 1. The molecule has 1 aliphatic heterocycles. The Balaban J connectivity index is 2.33. The maximum atomic E-state index is 11.8. The van der Waals surface area contributed by atoms with Gasteiger partial charge in [0.2, 0.25) is 5.91 Å². The number of ether oxygens (including phenoxy) is 1. The topological polar surface area (TPSA) is 66.8 Å². The van der Waals surface area contributed by atoms with Crippen molar-refractivity contribution in [3.05, 3.63) is 0 Å². The Morgan fingerprint density at radius 3 is 2.17 bits per heavy atom. The Morgan fingerprint density at radius 1 is 1.17 bits per heavy atom. The Hall–Kier alpha value is -1.10. The number of piperidine rings is 1. The van der Waals surface area contributed by atoms with E-state index in [4.69, 9.17) is 9.84 Å². The van der Waals surface area contributed by atoms with E-state index in [-0.39, 0.29) is 12.5 Å². The smallest absolute Gasteiger partial charge is 0.329 e. The molecule has 0 aromatic carbocycles. The summed E-state index contributed by atoms with van der Waals surface area (Å²) < 4.78 is 4.82. The van der Waals surface area contributed by atoms with Crippen molar-refractivity contribution >= 4 is 11.9 Å². The number of likely N-dealkylation sites (tertiary alicyclic amines) is 1. The van der Waals surface area contributed by atoms with E-state index in [0.29, 0.717) is 5.41 Å². The van der Waals surface area contributed by atoms with E-state index in [1.165, 1.54) is 0 Å². The van der Waals surface area contributed by atoms with Gasteiger partial charge in [-0.2, -0.15) is 0 Å². The van der Waals surface area contributed by atoms with Crippen molar-refractivity contribution in [3.63, 3.8) is 0 Å². The SMILES string of the molecule is CCC1(CC)CCN(C(=O)COCC(=O)O)CC1. The summed E-state index contributed by atoms with van der Waals surface area (Å²) in [7, 11) is 0. The number of rotatable bonds is 6. The first-order valence-electron chi connectivity index (χ1n) is 6.60. The molecule has 0 spiro atoms.